The first-order valence-electron chi connectivity index (χ1n) is 6.92. The van der Waals surface area contributed by atoms with Gasteiger partial charge < -0.3 is 0 Å². The van der Waals surface area contributed by atoms with E-state index in [1.165, 1.54) is 15.4 Å². The van der Waals surface area contributed by atoms with Gasteiger partial charge in [-0.3, -0.25) is 0 Å². The van der Waals surface area contributed by atoms with Gasteiger partial charge in [-0.1, -0.05) is 71.0 Å². The van der Waals surface area contributed by atoms with Crippen LogP contribution >= 0.6 is 23.1 Å². The monoisotopic (exact) mass is 284 g/mol. The van der Waals surface area contributed by atoms with Gasteiger partial charge in [0, 0.05) is 9.78 Å². The van der Waals surface area contributed by atoms with Gasteiger partial charge in [-0.15, -0.1) is 11.3 Å². The Morgan fingerprint density at radius 1 is 1.00 bits per heavy atom. The van der Waals surface area contributed by atoms with E-state index in [1.807, 2.05) is 64.6 Å². The maximum Gasteiger partial charge on any atom is 0.0406 e. The number of thioether (sulfide) groups is 1. The third-order valence-electron chi connectivity index (χ3n) is 1.76. The highest BCUT2D eigenvalue weighted by molar-refractivity contribution is 8.11. The molecule has 0 nitrogen and oxygen atoms in total. The highest BCUT2D eigenvalue weighted by Gasteiger charge is 2.05. The van der Waals surface area contributed by atoms with E-state index in [0.29, 0.717) is 0 Å². The molecule has 0 atom stereocenters. The number of hydrogen-bond donors (Lipinski definition) is 0. The Hall–Kier alpha value is -0.470. The topological polar surface area (TPSA) is 0 Å². The van der Waals surface area contributed by atoms with E-state index >= 15 is 0 Å². The molecule has 0 saturated carbocycles. The molecule has 0 fully saturated rings. The average molecular weight is 285 g/mol. The van der Waals surface area contributed by atoms with Crippen LogP contribution in [0, 0.1) is 0 Å². The summed E-state index contributed by atoms with van der Waals surface area (Å²) in [5.41, 5.74) is 1.46. The fourth-order valence-corrected chi connectivity index (χ4v) is 2.83. The normalized spacial score (nSPS) is 12.4. The summed E-state index contributed by atoms with van der Waals surface area (Å²) < 4.78 is 0. The lowest BCUT2D eigenvalue weighted by atomic mass is 10.2. The van der Waals surface area contributed by atoms with Crippen LogP contribution in [0.3, 0.4) is 0 Å². The molecule has 18 heavy (non-hydrogen) atoms. The molecule has 0 radical (unpaired) electrons. The molecule has 0 amide bonds. The summed E-state index contributed by atoms with van der Waals surface area (Å²) in [7, 11) is 0. The smallest absolute Gasteiger partial charge is 0.0406 e. The highest BCUT2D eigenvalue weighted by Crippen LogP contribution is 2.36. The van der Waals surface area contributed by atoms with Gasteiger partial charge >= 0.3 is 0 Å². The molecule has 0 N–H and O–H groups in total. The van der Waals surface area contributed by atoms with Crippen molar-refractivity contribution in [2.75, 3.05) is 0 Å². The molecule has 2 rings (SSSR count). The van der Waals surface area contributed by atoms with Gasteiger partial charge in [-0.25, -0.2) is 0 Å². The van der Waals surface area contributed by atoms with Crippen LogP contribution in [0.2, 0.25) is 0 Å². The zero-order valence-electron chi connectivity index (χ0n) is 12.9. The van der Waals surface area contributed by atoms with Crippen molar-refractivity contribution in [2.24, 2.45) is 0 Å². The standard InChI is InChI=1S/C10H10S2.3C2H6/c1-8-4-5-10(12-7-8)9-3-2-6-11-9;3*1-2/h2-3,5-7H,4H2,1H3;3*1-2H3. The van der Waals surface area contributed by atoms with E-state index in [4.69, 9.17) is 0 Å². The highest BCUT2D eigenvalue weighted by atomic mass is 32.2. The van der Waals surface area contributed by atoms with Gasteiger partial charge in [0.15, 0.2) is 0 Å². The summed E-state index contributed by atoms with van der Waals surface area (Å²) in [6.07, 6.45) is 3.42. The van der Waals surface area contributed by atoms with Crippen LogP contribution in [0.15, 0.2) is 34.6 Å². The molecular weight excluding hydrogens is 256 g/mol. The predicted octanol–water partition coefficient (Wildman–Crippen LogP) is 7.21. The van der Waals surface area contributed by atoms with Crippen molar-refractivity contribution >= 4 is 28.0 Å². The largest absolute Gasteiger partial charge is 0.143 e. The van der Waals surface area contributed by atoms with Crippen molar-refractivity contribution < 1.29 is 0 Å². The number of rotatable bonds is 1. The first kappa shape index (κ1) is 19.9. The second-order valence-electron chi connectivity index (χ2n) is 2.83. The van der Waals surface area contributed by atoms with Gasteiger partial charge in [-0.05, 0) is 30.2 Å². The van der Waals surface area contributed by atoms with Crippen molar-refractivity contribution in [2.45, 2.75) is 54.9 Å². The first-order valence-corrected chi connectivity index (χ1v) is 8.68. The molecule has 104 valence electrons. The van der Waals surface area contributed by atoms with E-state index in [0.717, 1.165) is 6.42 Å². The minimum Gasteiger partial charge on any atom is -0.143 e. The van der Waals surface area contributed by atoms with Crippen LogP contribution in [0.5, 0.6) is 0 Å². The summed E-state index contributed by atoms with van der Waals surface area (Å²) in [4.78, 5) is 2.80. The molecule has 0 saturated heterocycles. The second kappa shape index (κ2) is 14.6. The minimum absolute atomic E-state index is 1.11. The van der Waals surface area contributed by atoms with E-state index < -0.39 is 0 Å². The minimum atomic E-state index is 1.11. The van der Waals surface area contributed by atoms with E-state index in [9.17, 15) is 0 Å². The van der Waals surface area contributed by atoms with Crippen LogP contribution in [-0.2, 0) is 0 Å². The third-order valence-corrected chi connectivity index (χ3v) is 3.95. The fraction of sp³-hybridized carbons (Fsp3) is 0.500. The summed E-state index contributed by atoms with van der Waals surface area (Å²) in [6, 6.07) is 4.28. The van der Waals surface area contributed by atoms with Crippen molar-refractivity contribution in [3.05, 3.63) is 39.4 Å². The lowest BCUT2D eigenvalue weighted by Gasteiger charge is -2.08. The molecule has 0 aliphatic carbocycles. The molecule has 2 heterocycles. The number of hydrogen-bond acceptors (Lipinski definition) is 2. The summed E-state index contributed by atoms with van der Waals surface area (Å²) in [5.74, 6) is 0. The Kier molecular flexibility index (Phi) is 16.1. The van der Waals surface area contributed by atoms with Crippen LogP contribution in [-0.4, -0.2) is 0 Å². The van der Waals surface area contributed by atoms with Gasteiger partial charge in [0.05, 0.1) is 0 Å². The number of allylic oxidation sites excluding steroid dienone is 2. The van der Waals surface area contributed by atoms with E-state index in [2.05, 4.69) is 35.9 Å². The lowest BCUT2D eigenvalue weighted by molar-refractivity contribution is 1.22. The van der Waals surface area contributed by atoms with Gasteiger partial charge in [0.25, 0.3) is 0 Å². The Morgan fingerprint density at radius 2 is 1.61 bits per heavy atom. The zero-order valence-corrected chi connectivity index (χ0v) is 14.5. The Bertz CT molecular complexity index is 319. The second-order valence-corrected chi connectivity index (χ2v) is 4.69. The number of thiophene rings is 1. The quantitative estimate of drug-likeness (QED) is 0.525. The van der Waals surface area contributed by atoms with Crippen LogP contribution < -0.4 is 0 Å². The molecule has 0 spiro atoms. The zero-order chi connectivity index (χ0) is 14.4. The molecule has 0 bridgehead atoms. The van der Waals surface area contributed by atoms with Crippen molar-refractivity contribution in [1.82, 2.24) is 0 Å². The first-order chi connectivity index (χ1) is 8.86. The SMILES string of the molecule is CC.CC.CC.CC1=CSC(c2cccs2)=CC1. The molecular formula is C16H28S2. The molecule has 0 unspecified atom stereocenters. The Labute approximate surface area is 122 Å². The van der Waals surface area contributed by atoms with Crippen LogP contribution in [0.25, 0.3) is 4.91 Å². The Balaban J connectivity index is 0. The maximum atomic E-state index is 2.31. The molecule has 1 aromatic rings. The van der Waals surface area contributed by atoms with E-state index in [-0.39, 0.29) is 0 Å². The third kappa shape index (κ3) is 7.78. The van der Waals surface area contributed by atoms with Gasteiger partial charge in [0.2, 0.25) is 0 Å². The van der Waals surface area contributed by atoms with Gasteiger partial charge in [-0.2, -0.15) is 0 Å². The van der Waals surface area contributed by atoms with Crippen molar-refractivity contribution in [1.29, 1.82) is 0 Å². The molecule has 1 aromatic heterocycles. The van der Waals surface area contributed by atoms with Gasteiger partial charge in [0.1, 0.15) is 0 Å². The van der Waals surface area contributed by atoms with Crippen LogP contribution in [0.1, 0.15) is 59.8 Å². The maximum absolute atomic E-state index is 2.31. The van der Waals surface area contributed by atoms with Crippen LogP contribution in [0.4, 0.5) is 0 Å². The summed E-state index contributed by atoms with van der Waals surface area (Å²) in [5, 5.41) is 4.37. The molecule has 1 aliphatic rings. The van der Waals surface area contributed by atoms with Crippen molar-refractivity contribution in [3.63, 3.8) is 0 Å². The Morgan fingerprint density at radius 3 is 2.00 bits per heavy atom. The fourth-order valence-electron chi connectivity index (χ4n) is 1.09. The summed E-state index contributed by atoms with van der Waals surface area (Å²) >= 11 is 3.65. The molecule has 2 heteroatoms. The predicted molar refractivity (Wildman–Crippen MR) is 92.3 cm³/mol. The molecule has 0 aromatic carbocycles. The van der Waals surface area contributed by atoms with E-state index in [1.54, 1.807) is 0 Å². The van der Waals surface area contributed by atoms with Crippen molar-refractivity contribution in [3.8, 4) is 0 Å². The average Bonchev–Trinajstić information content (AvgIpc) is 3.00. The molecule has 1 aliphatic heterocycles. The lowest BCUT2D eigenvalue weighted by Crippen LogP contribution is -1.81. The summed E-state index contributed by atoms with van der Waals surface area (Å²) in [6.45, 7) is 14.2.